The summed E-state index contributed by atoms with van der Waals surface area (Å²) in [7, 11) is 0. The average molecular weight is 412 g/mol. The van der Waals surface area contributed by atoms with Crippen molar-refractivity contribution in [3.8, 4) is 0 Å². The standard InChI is InChI=1S/C27H41NO2/c1-17-13-20-14-18(15-24(29)30)8-10-26(20,2)23-9-11-27(3)21(6-7-22(27)25(17)23)19-5-4-12-28-16-19/h6,13,17-19,22-23,25,28H,4-5,7-12,14-16H2,1-3H3,(H,29,30)/t17?,18?,19?,22-,23+,25-,26-,27+/m0/s1. The highest BCUT2D eigenvalue weighted by Gasteiger charge is 2.58. The summed E-state index contributed by atoms with van der Waals surface area (Å²) in [5, 5.41) is 13.0. The van der Waals surface area contributed by atoms with Crippen LogP contribution in [0.25, 0.3) is 0 Å². The third kappa shape index (κ3) is 3.14. The predicted octanol–water partition coefficient (Wildman–Crippen LogP) is 5.82. The van der Waals surface area contributed by atoms with Gasteiger partial charge in [-0.2, -0.15) is 0 Å². The Morgan fingerprint density at radius 1 is 1.17 bits per heavy atom. The molecule has 1 heterocycles. The van der Waals surface area contributed by atoms with E-state index in [0.717, 1.165) is 36.5 Å². The molecular formula is C27H41NO2. The highest BCUT2D eigenvalue weighted by molar-refractivity contribution is 5.67. The lowest BCUT2D eigenvalue weighted by Gasteiger charge is -2.60. The molecule has 30 heavy (non-hydrogen) atoms. The molecule has 0 bridgehead atoms. The fourth-order valence-electron chi connectivity index (χ4n) is 8.87. The van der Waals surface area contributed by atoms with Crippen LogP contribution in [0.15, 0.2) is 23.3 Å². The molecule has 5 aliphatic rings. The average Bonchev–Trinajstić information content (AvgIpc) is 3.06. The fourth-order valence-corrected chi connectivity index (χ4v) is 8.87. The minimum atomic E-state index is -0.624. The molecule has 2 saturated carbocycles. The summed E-state index contributed by atoms with van der Waals surface area (Å²) in [4.78, 5) is 11.3. The van der Waals surface area contributed by atoms with Gasteiger partial charge in [-0.05, 0) is 104 Å². The lowest BCUT2D eigenvalue weighted by Crippen LogP contribution is -2.52. The maximum absolute atomic E-state index is 11.3. The van der Waals surface area contributed by atoms with Crippen LogP contribution in [0.3, 0.4) is 0 Å². The first kappa shape index (κ1) is 20.8. The van der Waals surface area contributed by atoms with Crippen molar-refractivity contribution in [2.75, 3.05) is 13.1 Å². The van der Waals surface area contributed by atoms with Gasteiger partial charge in [0.05, 0.1) is 0 Å². The second-order valence-corrected chi connectivity index (χ2v) is 11.9. The Bertz CT molecular complexity index is 763. The third-order valence-corrected chi connectivity index (χ3v) is 10.4. The van der Waals surface area contributed by atoms with E-state index in [9.17, 15) is 9.90 Å². The van der Waals surface area contributed by atoms with Crippen molar-refractivity contribution in [2.45, 2.75) is 78.6 Å². The minimum Gasteiger partial charge on any atom is -0.481 e. The molecule has 3 unspecified atom stereocenters. The number of carboxylic acids is 1. The minimum absolute atomic E-state index is 0.308. The molecule has 3 nitrogen and oxygen atoms in total. The lowest BCUT2D eigenvalue weighted by molar-refractivity contribution is -0.138. The van der Waals surface area contributed by atoms with Gasteiger partial charge in [-0.3, -0.25) is 4.79 Å². The van der Waals surface area contributed by atoms with Gasteiger partial charge in [-0.15, -0.1) is 0 Å². The van der Waals surface area contributed by atoms with Crippen molar-refractivity contribution >= 4 is 5.97 Å². The Labute approximate surface area is 182 Å². The number of carboxylic acid groups (broad SMARTS) is 1. The van der Waals surface area contributed by atoms with E-state index >= 15 is 0 Å². The molecule has 0 amide bonds. The molecular weight excluding hydrogens is 370 g/mol. The Kier molecular flexibility index (Phi) is 5.20. The second kappa shape index (κ2) is 7.50. The van der Waals surface area contributed by atoms with Crippen LogP contribution >= 0.6 is 0 Å². The van der Waals surface area contributed by atoms with Gasteiger partial charge in [0.2, 0.25) is 0 Å². The van der Waals surface area contributed by atoms with E-state index in [0.29, 0.717) is 29.1 Å². The van der Waals surface area contributed by atoms with Crippen molar-refractivity contribution in [1.82, 2.24) is 5.32 Å². The normalized spacial score (nSPS) is 48.1. The van der Waals surface area contributed by atoms with E-state index in [4.69, 9.17) is 0 Å². The van der Waals surface area contributed by atoms with Crippen LogP contribution in [-0.2, 0) is 4.79 Å². The van der Waals surface area contributed by atoms with E-state index in [2.05, 4.69) is 38.2 Å². The van der Waals surface area contributed by atoms with E-state index in [1.807, 2.05) is 0 Å². The molecule has 0 aromatic carbocycles. The molecule has 1 saturated heterocycles. The van der Waals surface area contributed by atoms with Gasteiger partial charge in [-0.25, -0.2) is 0 Å². The zero-order valence-electron chi connectivity index (χ0n) is 19.3. The Balaban J connectivity index is 1.41. The van der Waals surface area contributed by atoms with Crippen molar-refractivity contribution < 1.29 is 9.90 Å². The number of piperidine rings is 1. The molecule has 0 aromatic heterocycles. The number of hydrogen-bond donors (Lipinski definition) is 2. The maximum atomic E-state index is 11.3. The summed E-state index contributed by atoms with van der Waals surface area (Å²) in [5.41, 5.74) is 4.12. The highest BCUT2D eigenvalue weighted by atomic mass is 16.4. The Hall–Kier alpha value is -1.09. The van der Waals surface area contributed by atoms with Crippen molar-refractivity contribution in [3.05, 3.63) is 23.3 Å². The summed E-state index contributed by atoms with van der Waals surface area (Å²) in [6.45, 7) is 10.00. The van der Waals surface area contributed by atoms with Crippen LogP contribution < -0.4 is 5.32 Å². The smallest absolute Gasteiger partial charge is 0.303 e. The summed E-state index contributed by atoms with van der Waals surface area (Å²) < 4.78 is 0. The molecule has 0 spiro atoms. The number of nitrogens with one attached hydrogen (secondary N) is 1. The summed E-state index contributed by atoms with van der Waals surface area (Å²) in [6.07, 6.45) is 15.6. The maximum Gasteiger partial charge on any atom is 0.303 e. The number of carbonyl (C=O) groups is 1. The van der Waals surface area contributed by atoms with Gasteiger partial charge < -0.3 is 10.4 Å². The third-order valence-electron chi connectivity index (χ3n) is 10.4. The summed E-state index contributed by atoms with van der Waals surface area (Å²) in [5.74, 6) is 3.49. The topological polar surface area (TPSA) is 49.3 Å². The Morgan fingerprint density at radius 2 is 1.97 bits per heavy atom. The molecule has 3 heteroatoms. The van der Waals surface area contributed by atoms with Crippen molar-refractivity contribution in [3.63, 3.8) is 0 Å². The van der Waals surface area contributed by atoms with Crippen LogP contribution in [0.5, 0.6) is 0 Å². The zero-order valence-corrected chi connectivity index (χ0v) is 19.3. The molecule has 166 valence electrons. The molecule has 4 aliphatic carbocycles. The molecule has 2 N–H and O–H groups in total. The monoisotopic (exact) mass is 411 g/mol. The van der Waals surface area contributed by atoms with Crippen molar-refractivity contribution in [1.29, 1.82) is 0 Å². The van der Waals surface area contributed by atoms with Gasteiger partial charge in [-0.1, -0.05) is 44.1 Å². The lowest BCUT2D eigenvalue weighted by atomic mass is 9.45. The van der Waals surface area contributed by atoms with Crippen molar-refractivity contribution in [2.24, 2.45) is 46.3 Å². The number of fused-ring (bicyclic) bond motifs is 5. The quantitative estimate of drug-likeness (QED) is 0.575. The van der Waals surface area contributed by atoms with E-state index < -0.39 is 5.97 Å². The van der Waals surface area contributed by atoms with Gasteiger partial charge in [0.1, 0.15) is 0 Å². The number of aliphatic carboxylic acids is 1. The fraction of sp³-hybridized carbons (Fsp3) is 0.815. The van der Waals surface area contributed by atoms with Crippen LogP contribution in [0.1, 0.15) is 78.6 Å². The van der Waals surface area contributed by atoms with E-state index in [1.165, 1.54) is 51.6 Å². The molecule has 3 fully saturated rings. The highest BCUT2D eigenvalue weighted by Crippen LogP contribution is 2.67. The molecule has 0 aromatic rings. The first-order valence-corrected chi connectivity index (χ1v) is 12.7. The SMILES string of the molecule is CC1C=C2CC(CC(=O)O)CC[C@]2(C)[C@@H]2CC[C@]3(C)C(C4CCCNC4)=CC[C@H]3[C@H]12. The second-order valence-electron chi connectivity index (χ2n) is 11.9. The van der Waals surface area contributed by atoms with Crippen LogP contribution in [-0.4, -0.2) is 24.2 Å². The van der Waals surface area contributed by atoms with Crippen LogP contribution in [0, 0.1) is 46.3 Å². The van der Waals surface area contributed by atoms with Gasteiger partial charge >= 0.3 is 5.97 Å². The van der Waals surface area contributed by atoms with Crippen LogP contribution in [0.2, 0.25) is 0 Å². The Morgan fingerprint density at radius 3 is 2.70 bits per heavy atom. The largest absolute Gasteiger partial charge is 0.481 e. The summed E-state index contributed by atoms with van der Waals surface area (Å²) in [6, 6.07) is 0. The number of allylic oxidation sites excluding steroid dienone is 3. The number of hydrogen-bond acceptors (Lipinski definition) is 2. The van der Waals surface area contributed by atoms with Gasteiger partial charge in [0.25, 0.3) is 0 Å². The van der Waals surface area contributed by atoms with Gasteiger partial charge in [0, 0.05) is 13.0 Å². The van der Waals surface area contributed by atoms with E-state index in [1.54, 1.807) is 11.1 Å². The molecule has 5 rings (SSSR count). The zero-order chi connectivity index (χ0) is 21.1. The molecule has 1 aliphatic heterocycles. The molecule has 8 atom stereocenters. The van der Waals surface area contributed by atoms with E-state index in [-0.39, 0.29) is 0 Å². The van der Waals surface area contributed by atoms with Crippen LogP contribution in [0.4, 0.5) is 0 Å². The summed E-state index contributed by atoms with van der Waals surface area (Å²) >= 11 is 0. The first-order chi connectivity index (χ1) is 14.3. The first-order valence-electron chi connectivity index (χ1n) is 12.7. The number of rotatable bonds is 3. The van der Waals surface area contributed by atoms with Gasteiger partial charge in [0.15, 0.2) is 0 Å². The molecule has 0 radical (unpaired) electrons. The predicted molar refractivity (Wildman–Crippen MR) is 121 cm³/mol.